The van der Waals surface area contributed by atoms with Gasteiger partial charge in [-0.2, -0.15) is 13.2 Å². The molecule has 2 fully saturated rings. The van der Waals surface area contributed by atoms with Gasteiger partial charge in [-0.1, -0.05) is 6.07 Å². The zero-order valence-electron chi connectivity index (χ0n) is 16.3. The number of hydrogen-bond acceptors (Lipinski definition) is 4. The summed E-state index contributed by atoms with van der Waals surface area (Å²) < 4.78 is 49.7. The zero-order valence-corrected chi connectivity index (χ0v) is 16.3. The molecule has 5 nitrogen and oxygen atoms in total. The molecule has 0 aliphatic carbocycles. The second-order valence-corrected chi connectivity index (χ2v) is 7.48. The number of rotatable bonds is 5. The summed E-state index contributed by atoms with van der Waals surface area (Å²) >= 11 is 0. The molecular weight excluding hydrogens is 373 g/mol. The van der Waals surface area contributed by atoms with Crippen LogP contribution in [0.25, 0.3) is 0 Å². The monoisotopic (exact) mass is 400 g/mol. The maximum Gasteiger partial charge on any atom is 0.393 e. The van der Waals surface area contributed by atoms with Crippen LogP contribution in [0.3, 0.4) is 0 Å². The Hall–Kier alpha value is -1.96. The predicted molar refractivity (Wildman–Crippen MR) is 98.5 cm³/mol. The molecule has 0 aromatic heterocycles. The molecule has 2 unspecified atom stereocenters. The van der Waals surface area contributed by atoms with Crippen LogP contribution in [-0.4, -0.2) is 62.3 Å². The van der Waals surface area contributed by atoms with Crippen LogP contribution in [0, 0.1) is 5.92 Å². The molecule has 1 amide bonds. The van der Waals surface area contributed by atoms with Crippen molar-refractivity contribution in [3.05, 3.63) is 23.8 Å². The number of ether oxygens (including phenoxy) is 2. The van der Waals surface area contributed by atoms with E-state index in [-0.39, 0.29) is 31.5 Å². The Labute approximate surface area is 163 Å². The van der Waals surface area contributed by atoms with Crippen LogP contribution in [0.15, 0.2) is 18.2 Å². The lowest BCUT2D eigenvalue weighted by atomic mass is 9.97. The van der Waals surface area contributed by atoms with Crippen LogP contribution in [-0.2, 0) is 4.79 Å². The fourth-order valence-electron chi connectivity index (χ4n) is 4.22. The Morgan fingerprint density at radius 3 is 2.50 bits per heavy atom. The Bertz CT molecular complexity index is 696. The summed E-state index contributed by atoms with van der Waals surface area (Å²) in [7, 11) is 3.13. The number of amides is 1. The van der Waals surface area contributed by atoms with E-state index in [9.17, 15) is 18.0 Å². The molecule has 2 aliphatic rings. The highest BCUT2D eigenvalue weighted by atomic mass is 19.4. The van der Waals surface area contributed by atoms with Crippen LogP contribution >= 0.6 is 0 Å². The molecule has 0 bridgehead atoms. The molecule has 2 heterocycles. The molecule has 156 valence electrons. The van der Waals surface area contributed by atoms with Crippen LogP contribution in [0.5, 0.6) is 11.5 Å². The van der Waals surface area contributed by atoms with Crippen LogP contribution in [0.2, 0.25) is 0 Å². The van der Waals surface area contributed by atoms with Crippen LogP contribution in [0.1, 0.15) is 37.3 Å². The number of benzene rings is 1. The van der Waals surface area contributed by atoms with Crippen molar-refractivity contribution in [1.82, 2.24) is 9.80 Å². The largest absolute Gasteiger partial charge is 0.493 e. The van der Waals surface area contributed by atoms with E-state index in [0.29, 0.717) is 31.0 Å². The number of piperidine rings is 1. The number of nitrogens with zero attached hydrogens (tertiary/aromatic N) is 2. The quantitative estimate of drug-likeness (QED) is 0.757. The normalized spacial score (nSPS) is 23.7. The highest BCUT2D eigenvalue weighted by Crippen LogP contribution is 2.37. The van der Waals surface area contributed by atoms with Gasteiger partial charge >= 0.3 is 6.18 Å². The number of halogens is 3. The van der Waals surface area contributed by atoms with E-state index >= 15 is 0 Å². The summed E-state index contributed by atoms with van der Waals surface area (Å²) in [6, 6.07) is 5.51. The number of carbonyl (C=O) groups excluding carboxylic acids is 1. The Balaban J connectivity index is 1.68. The second-order valence-electron chi connectivity index (χ2n) is 7.48. The van der Waals surface area contributed by atoms with Crippen LogP contribution in [0.4, 0.5) is 13.2 Å². The first-order valence-corrected chi connectivity index (χ1v) is 9.64. The van der Waals surface area contributed by atoms with Gasteiger partial charge in [0.1, 0.15) is 0 Å². The predicted octanol–water partition coefficient (Wildman–Crippen LogP) is 3.64. The number of likely N-dealkylation sites (tertiary alicyclic amines) is 2. The van der Waals surface area contributed by atoms with Crippen molar-refractivity contribution in [3.63, 3.8) is 0 Å². The topological polar surface area (TPSA) is 42.0 Å². The van der Waals surface area contributed by atoms with Crippen LogP contribution < -0.4 is 9.47 Å². The number of alkyl halides is 3. The minimum Gasteiger partial charge on any atom is -0.493 e. The minimum atomic E-state index is -4.20. The van der Waals surface area contributed by atoms with Gasteiger partial charge in [-0.05, 0) is 49.9 Å². The summed E-state index contributed by atoms with van der Waals surface area (Å²) in [5, 5.41) is 0. The van der Waals surface area contributed by atoms with Crippen molar-refractivity contribution >= 4 is 5.91 Å². The van der Waals surface area contributed by atoms with Crippen molar-refractivity contribution in [3.8, 4) is 11.5 Å². The van der Waals surface area contributed by atoms with Gasteiger partial charge in [-0.3, -0.25) is 9.69 Å². The van der Waals surface area contributed by atoms with Crippen molar-refractivity contribution in [1.29, 1.82) is 0 Å². The van der Waals surface area contributed by atoms with Gasteiger partial charge in [-0.25, -0.2) is 0 Å². The SMILES string of the molecule is COc1ccc(C2CCCN2C(=O)CN2CCCC(C(F)(F)F)C2)cc1OC. The molecule has 0 saturated carbocycles. The molecule has 0 radical (unpaired) electrons. The van der Waals surface area contributed by atoms with E-state index in [2.05, 4.69) is 0 Å². The van der Waals surface area contributed by atoms with Gasteiger partial charge in [0.15, 0.2) is 11.5 Å². The Morgan fingerprint density at radius 1 is 1.11 bits per heavy atom. The van der Waals surface area contributed by atoms with E-state index in [1.54, 1.807) is 24.0 Å². The lowest BCUT2D eigenvalue weighted by Crippen LogP contribution is -2.46. The summed E-state index contributed by atoms with van der Waals surface area (Å²) in [6.07, 6.45) is -1.89. The molecule has 2 saturated heterocycles. The average molecular weight is 400 g/mol. The molecular formula is C20H27F3N2O3. The fraction of sp³-hybridized carbons (Fsp3) is 0.650. The highest BCUT2D eigenvalue weighted by Gasteiger charge is 2.42. The number of methoxy groups -OCH3 is 2. The van der Waals surface area contributed by atoms with Gasteiger partial charge in [0.2, 0.25) is 5.91 Å². The van der Waals surface area contributed by atoms with Gasteiger partial charge in [0.05, 0.1) is 32.7 Å². The third-order valence-electron chi connectivity index (χ3n) is 5.69. The summed E-state index contributed by atoms with van der Waals surface area (Å²) in [4.78, 5) is 16.3. The highest BCUT2D eigenvalue weighted by molar-refractivity contribution is 5.79. The maximum absolute atomic E-state index is 13.0. The van der Waals surface area contributed by atoms with E-state index in [1.165, 1.54) is 0 Å². The van der Waals surface area contributed by atoms with E-state index in [0.717, 1.165) is 18.4 Å². The molecule has 28 heavy (non-hydrogen) atoms. The van der Waals surface area contributed by atoms with E-state index in [1.807, 2.05) is 18.2 Å². The van der Waals surface area contributed by atoms with E-state index in [4.69, 9.17) is 9.47 Å². The lowest BCUT2D eigenvalue weighted by Gasteiger charge is -2.35. The molecule has 1 aromatic rings. The van der Waals surface area contributed by atoms with Gasteiger partial charge in [0, 0.05) is 13.1 Å². The first-order valence-electron chi connectivity index (χ1n) is 9.64. The molecule has 1 aromatic carbocycles. The molecule has 3 rings (SSSR count). The lowest BCUT2D eigenvalue weighted by molar-refractivity contribution is -0.187. The van der Waals surface area contributed by atoms with E-state index < -0.39 is 12.1 Å². The smallest absolute Gasteiger partial charge is 0.393 e. The van der Waals surface area contributed by atoms with Gasteiger partial charge < -0.3 is 14.4 Å². The summed E-state index contributed by atoms with van der Waals surface area (Å²) in [6.45, 7) is 1.10. The fourth-order valence-corrected chi connectivity index (χ4v) is 4.22. The average Bonchev–Trinajstić information content (AvgIpc) is 3.17. The Morgan fingerprint density at radius 2 is 1.82 bits per heavy atom. The minimum absolute atomic E-state index is 0.0381. The summed E-state index contributed by atoms with van der Waals surface area (Å²) in [5.74, 6) is -0.230. The first-order chi connectivity index (χ1) is 13.3. The van der Waals surface area contributed by atoms with Gasteiger partial charge in [0.25, 0.3) is 0 Å². The third kappa shape index (κ3) is 4.54. The standard InChI is InChI=1S/C20H27F3N2O3/c1-27-17-8-7-14(11-18(17)28-2)16-6-4-10-25(16)19(26)13-24-9-3-5-15(12-24)20(21,22)23/h7-8,11,15-16H,3-6,9-10,12-13H2,1-2H3. The maximum atomic E-state index is 13.0. The van der Waals surface area contributed by atoms with Crippen molar-refractivity contribution in [2.45, 2.75) is 37.9 Å². The summed E-state index contributed by atoms with van der Waals surface area (Å²) in [5.41, 5.74) is 0.954. The Kier molecular flexibility index (Phi) is 6.37. The first kappa shape index (κ1) is 20.8. The molecule has 0 N–H and O–H groups in total. The molecule has 8 heteroatoms. The zero-order chi connectivity index (χ0) is 20.3. The van der Waals surface area contributed by atoms with Crippen molar-refractivity contribution in [2.24, 2.45) is 5.92 Å². The van der Waals surface area contributed by atoms with Crippen molar-refractivity contribution in [2.75, 3.05) is 40.4 Å². The molecule has 0 spiro atoms. The number of hydrogen-bond donors (Lipinski definition) is 0. The van der Waals surface area contributed by atoms with Gasteiger partial charge in [-0.15, -0.1) is 0 Å². The molecule has 2 atom stereocenters. The molecule has 2 aliphatic heterocycles. The number of carbonyl (C=O) groups is 1. The second kappa shape index (κ2) is 8.59. The third-order valence-corrected chi connectivity index (χ3v) is 5.69. The van der Waals surface area contributed by atoms with Crippen molar-refractivity contribution < 1.29 is 27.4 Å².